The van der Waals surface area contributed by atoms with Gasteiger partial charge >= 0.3 is 5.97 Å². The summed E-state index contributed by atoms with van der Waals surface area (Å²) < 4.78 is 27.1. The van der Waals surface area contributed by atoms with Crippen molar-refractivity contribution in [2.24, 2.45) is 11.8 Å². The smallest absolute Gasteiger partial charge is 0.309 e. The number of phenolic OH excluding ortho intramolecular Hbond substituents is 1. The minimum Gasteiger partial charge on any atom is -0.504 e. The van der Waals surface area contributed by atoms with E-state index < -0.39 is 43.2 Å². The monoisotopic (exact) mass is 520 g/mol. The van der Waals surface area contributed by atoms with Crippen LogP contribution in [0.3, 0.4) is 0 Å². The molecule has 2 fully saturated rings. The Hall–Kier alpha value is -3.09. The van der Waals surface area contributed by atoms with E-state index in [1.165, 1.54) is 14.2 Å². The van der Waals surface area contributed by atoms with Crippen LogP contribution >= 0.6 is 0 Å². The van der Waals surface area contributed by atoms with Crippen LogP contribution < -0.4 is 14.2 Å². The Kier molecular flexibility index (Phi) is 8.40. The number of benzene rings is 2. The van der Waals surface area contributed by atoms with Gasteiger partial charge < -0.3 is 49.2 Å². The molecule has 2 saturated heterocycles. The summed E-state index contributed by atoms with van der Waals surface area (Å²) >= 11 is 0. The molecule has 0 saturated carbocycles. The predicted molar refractivity (Wildman–Crippen MR) is 127 cm³/mol. The first kappa shape index (κ1) is 27.0. The van der Waals surface area contributed by atoms with Gasteiger partial charge in [-0.1, -0.05) is 12.1 Å². The lowest BCUT2D eigenvalue weighted by Crippen LogP contribution is -2.60. The number of carbonyl (C=O) groups is 1. The fourth-order valence-electron chi connectivity index (χ4n) is 4.69. The van der Waals surface area contributed by atoms with E-state index in [0.29, 0.717) is 24.3 Å². The fourth-order valence-corrected chi connectivity index (χ4v) is 4.69. The highest BCUT2D eigenvalue weighted by atomic mass is 16.7. The zero-order chi connectivity index (χ0) is 26.7. The highest BCUT2D eigenvalue weighted by molar-refractivity contribution is 5.75. The van der Waals surface area contributed by atoms with Crippen LogP contribution in [0, 0.1) is 11.8 Å². The molecule has 11 nitrogen and oxygen atoms in total. The molecule has 5 N–H and O–H groups in total. The largest absolute Gasteiger partial charge is 0.504 e. The summed E-state index contributed by atoms with van der Waals surface area (Å²) in [6, 6.07) is 10.1. The van der Waals surface area contributed by atoms with Gasteiger partial charge in [0.05, 0.1) is 33.4 Å². The Morgan fingerprint density at radius 3 is 2.27 bits per heavy atom. The summed E-state index contributed by atoms with van der Waals surface area (Å²) in [6.45, 7) is -0.293. The topological polar surface area (TPSA) is 164 Å². The van der Waals surface area contributed by atoms with Gasteiger partial charge in [-0.05, 0) is 48.2 Å². The second kappa shape index (κ2) is 11.5. The second-order valence-corrected chi connectivity index (χ2v) is 9.21. The number of aliphatic hydroxyl groups excluding tert-OH is 4. The third-order valence-electron chi connectivity index (χ3n) is 6.83. The lowest BCUT2D eigenvalue weighted by atomic mass is 9.85. The number of aromatic hydroxyl groups is 1. The van der Waals surface area contributed by atoms with Gasteiger partial charge in [0, 0.05) is 5.92 Å². The molecule has 0 aromatic heterocycles. The molecule has 2 heterocycles. The minimum absolute atomic E-state index is 0.0414. The van der Waals surface area contributed by atoms with Gasteiger partial charge in [-0.2, -0.15) is 0 Å². The third kappa shape index (κ3) is 5.76. The van der Waals surface area contributed by atoms with Gasteiger partial charge in [0.25, 0.3) is 0 Å². The van der Waals surface area contributed by atoms with Crippen LogP contribution in [0.4, 0.5) is 0 Å². The Morgan fingerprint density at radius 2 is 1.57 bits per heavy atom. The van der Waals surface area contributed by atoms with E-state index in [1.807, 2.05) is 0 Å². The number of esters is 1. The lowest BCUT2D eigenvalue weighted by molar-refractivity contribution is -0.277. The number of hydrogen-bond acceptors (Lipinski definition) is 11. The molecular formula is C26H32O11. The Morgan fingerprint density at radius 1 is 0.892 bits per heavy atom. The Balaban J connectivity index is 1.47. The van der Waals surface area contributed by atoms with Crippen LogP contribution in [0.2, 0.25) is 0 Å². The average Bonchev–Trinajstić information content (AvgIpc) is 3.24. The zero-order valence-electron chi connectivity index (χ0n) is 20.5. The molecule has 0 amide bonds. The van der Waals surface area contributed by atoms with Crippen molar-refractivity contribution in [2.45, 2.75) is 43.5 Å². The van der Waals surface area contributed by atoms with E-state index in [0.717, 1.165) is 11.1 Å². The maximum absolute atomic E-state index is 12.5. The highest BCUT2D eigenvalue weighted by Gasteiger charge is 2.45. The number of carbonyl (C=O) groups excluding carboxylic acids is 1. The van der Waals surface area contributed by atoms with Crippen LogP contribution in [0.25, 0.3) is 0 Å². The Bertz CT molecular complexity index is 1090. The maximum atomic E-state index is 12.5. The lowest BCUT2D eigenvalue weighted by Gasteiger charge is -2.39. The minimum atomic E-state index is -1.57. The quantitative estimate of drug-likeness (QED) is 0.286. The molecule has 0 spiro atoms. The number of methoxy groups -OCH3 is 2. The third-order valence-corrected chi connectivity index (χ3v) is 6.83. The average molecular weight is 521 g/mol. The first-order valence-electron chi connectivity index (χ1n) is 11.9. The van der Waals surface area contributed by atoms with E-state index in [-0.39, 0.29) is 30.0 Å². The molecule has 2 aromatic rings. The number of ether oxygens (including phenoxy) is 5. The van der Waals surface area contributed by atoms with Crippen molar-refractivity contribution < 1.29 is 54.0 Å². The standard InChI is InChI=1S/C26H32O11/c1-33-19-9-13(3-5-17(19)28)7-15-12-35-25(32)16(15)8-14-4-6-18(20(10-14)34-2)36-26-24(31)23(30)22(29)21(11-27)37-26/h3-6,9-10,15-16,21-24,26-31H,7-8,11-12H2,1-2H3/t15?,16?,21-,22-,23+,24-,26-/m1/s1. The molecule has 7 atom stereocenters. The molecule has 2 aromatic carbocycles. The number of rotatable bonds is 9. The summed E-state index contributed by atoms with van der Waals surface area (Å²) in [5.74, 6) is 0.132. The van der Waals surface area contributed by atoms with E-state index in [4.69, 9.17) is 23.7 Å². The van der Waals surface area contributed by atoms with Gasteiger partial charge in [0.2, 0.25) is 6.29 Å². The summed E-state index contributed by atoms with van der Waals surface area (Å²) in [4.78, 5) is 12.5. The number of cyclic esters (lactones) is 1. The van der Waals surface area contributed by atoms with E-state index in [9.17, 15) is 30.3 Å². The molecule has 0 bridgehead atoms. The SMILES string of the molecule is COc1cc(CC2COC(=O)C2Cc2ccc(O[C@@H]3O[C@H](CO)[C@@H](O)[C@H](O)[C@H]3O)c(OC)c2)ccc1O. The summed E-state index contributed by atoms with van der Waals surface area (Å²) in [5, 5.41) is 49.5. The molecular weight excluding hydrogens is 488 g/mol. The van der Waals surface area contributed by atoms with Gasteiger partial charge in [-0.25, -0.2) is 0 Å². The first-order valence-corrected chi connectivity index (χ1v) is 11.9. The van der Waals surface area contributed by atoms with Crippen molar-refractivity contribution in [3.8, 4) is 23.0 Å². The number of hydrogen-bond donors (Lipinski definition) is 5. The zero-order valence-corrected chi connectivity index (χ0v) is 20.5. The molecule has 11 heteroatoms. The number of aliphatic hydroxyl groups is 4. The fraction of sp³-hybridized carbons (Fsp3) is 0.500. The van der Waals surface area contributed by atoms with Crippen LogP contribution in [0.5, 0.6) is 23.0 Å². The van der Waals surface area contributed by atoms with Crippen LogP contribution in [0.15, 0.2) is 36.4 Å². The first-order chi connectivity index (χ1) is 17.7. The van der Waals surface area contributed by atoms with E-state index in [1.54, 1.807) is 36.4 Å². The van der Waals surface area contributed by atoms with Crippen molar-refractivity contribution in [3.63, 3.8) is 0 Å². The highest BCUT2D eigenvalue weighted by Crippen LogP contribution is 2.36. The normalized spacial score (nSPS) is 29.6. The molecule has 0 aliphatic carbocycles. The summed E-state index contributed by atoms with van der Waals surface area (Å²) in [7, 11) is 2.91. The molecule has 202 valence electrons. The second-order valence-electron chi connectivity index (χ2n) is 9.21. The molecule has 0 radical (unpaired) electrons. The van der Waals surface area contributed by atoms with Crippen molar-refractivity contribution in [1.82, 2.24) is 0 Å². The van der Waals surface area contributed by atoms with Gasteiger partial charge in [-0.3, -0.25) is 4.79 Å². The van der Waals surface area contributed by atoms with E-state index >= 15 is 0 Å². The molecule has 37 heavy (non-hydrogen) atoms. The molecule has 4 rings (SSSR count). The molecule has 2 unspecified atom stereocenters. The van der Waals surface area contributed by atoms with Crippen LogP contribution in [-0.2, 0) is 27.1 Å². The van der Waals surface area contributed by atoms with Crippen molar-refractivity contribution in [3.05, 3.63) is 47.5 Å². The van der Waals surface area contributed by atoms with Crippen molar-refractivity contribution in [1.29, 1.82) is 0 Å². The van der Waals surface area contributed by atoms with E-state index in [2.05, 4.69) is 0 Å². The molecule has 2 aliphatic heterocycles. The summed E-state index contributed by atoms with van der Waals surface area (Å²) in [5.41, 5.74) is 1.69. The van der Waals surface area contributed by atoms with Crippen LogP contribution in [-0.4, -0.2) is 89.6 Å². The molecule has 2 aliphatic rings. The van der Waals surface area contributed by atoms with Gasteiger partial charge in [-0.15, -0.1) is 0 Å². The maximum Gasteiger partial charge on any atom is 0.309 e. The van der Waals surface area contributed by atoms with Gasteiger partial charge in [0.15, 0.2) is 23.0 Å². The van der Waals surface area contributed by atoms with Crippen LogP contribution in [0.1, 0.15) is 11.1 Å². The number of phenols is 1. The predicted octanol–water partition coefficient (Wildman–Crippen LogP) is 0.163. The van der Waals surface area contributed by atoms with Crippen molar-refractivity contribution >= 4 is 5.97 Å². The Labute approximate surface area is 213 Å². The van der Waals surface area contributed by atoms with Gasteiger partial charge in [0.1, 0.15) is 24.4 Å². The van der Waals surface area contributed by atoms with Crippen molar-refractivity contribution in [2.75, 3.05) is 27.4 Å². The summed E-state index contributed by atoms with van der Waals surface area (Å²) in [6.07, 6.45) is -6.14.